The van der Waals surface area contributed by atoms with Crippen LogP contribution in [0.3, 0.4) is 0 Å². The number of aliphatic carboxylic acids is 1. The van der Waals surface area contributed by atoms with Crippen molar-refractivity contribution in [3.63, 3.8) is 0 Å². The summed E-state index contributed by atoms with van der Waals surface area (Å²) in [6.07, 6.45) is 0.400. The maximum absolute atomic E-state index is 11.0. The van der Waals surface area contributed by atoms with E-state index in [0.29, 0.717) is 19.6 Å². The fraction of sp³-hybridized carbons (Fsp3) is 0.462. The van der Waals surface area contributed by atoms with E-state index >= 15 is 0 Å². The molecule has 0 radical (unpaired) electrons. The molecule has 0 aliphatic carbocycles. The number of hydrogen-bond donors (Lipinski definition) is 3. The van der Waals surface area contributed by atoms with Gasteiger partial charge in [0.05, 0.1) is 19.3 Å². The van der Waals surface area contributed by atoms with Gasteiger partial charge in [0.25, 0.3) is 0 Å². The summed E-state index contributed by atoms with van der Waals surface area (Å²) in [6.45, 7) is 1.13. The molecule has 96 valence electrons. The first-order valence-electron chi connectivity index (χ1n) is 6.06. The van der Waals surface area contributed by atoms with Crippen LogP contribution in [0.4, 0.5) is 5.69 Å². The molecule has 0 aromatic heterocycles. The lowest BCUT2D eigenvalue weighted by Crippen LogP contribution is -2.45. The molecule has 1 aromatic rings. The first-order valence-corrected chi connectivity index (χ1v) is 6.06. The van der Waals surface area contributed by atoms with E-state index in [9.17, 15) is 4.79 Å². The number of nitrogens with two attached hydrogens (primary N) is 1. The van der Waals surface area contributed by atoms with E-state index in [1.54, 1.807) is 0 Å². The van der Waals surface area contributed by atoms with E-state index in [2.05, 4.69) is 5.32 Å². The molecular weight excluding hydrogens is 232 g/mol. The van der Waals surface area contributed by atoms with Crippen LogP contribution in [-0.4, -0.2) is 36.4 Å². The minimum Gasteiger partial charge on any atom is -0.480 e. The second kappa shape index (κ2) is 3.96. The van der Waals surface area contributed by atoms with Gasteiger partial charge in [-0.3, -0.25) is 4.79 Å². The van der Waals surface area contributed by atoms with E-state index < -0.39 is 12.0 Å². The second-order valence-electron chi connectivity index (χ2n) is 5.06. The smallest absolute Gasteiger partial charge is 0.320 e. The highest BCUT2D eigenvalue weighted by atomic mass is 16.5. The molecule has 1 aromatic carbocycles. The summed E-state index contributed by atoms with van der Waals surface area (Å²) < 4.78 is 5.54. The Morgan fingerprint density at radius 1 is 1.61 bits per heavy atom. The van der Waals surface area contributed by atoms with Crippen molar-refractivity contribution in [2.45, 2.75) is 23.9 Å². The predicted octanol–water partition coefficient (Wildman–Crippen LogP) is 0.551. The van der Waals surface area contributed by atoms with Gasteiger partial charge in [0.2, 0.25) is 0 Å². The Balaban J connectivity index is 1.99. The standard InChI is InChI=1S/C13H16N2O3/c14-9(12(16)17)5-13-7-18-6-11(13)15-10-4-2-1-3-8(10)13/h1-4,9,11,15H,5-7,14H2,(H,16,17)/t9?,11-,13-/m0/s1. The number of carbonyl (C=O) groups is 1. The molecule has 2 aliphatic heterocycles. The number of para-hydroxylation sites is 1. The van der Waals surface area contributed by atoms with Crippen molar-refractivity contribution in [2.75, 3.05) is 18.5 Å². The molecule has 1 unspecified atom stereocenters. The van der Waals surface area contributed by atoms with Gasteiger partial charge < -0.3 is 20.9 Å². The van der Waals surface area contributed by atoms with Crippen molar-refractivity contribution in [3.8, 4) is 0 Å². The number of benzene rings is 1. The van der Waals surface area contributed by atoms with Gasteiger partial charge in [-0.25, -0.2) is 0 Å². The maximum Gasteiger partial charge on any atom is 0.320 e. The number of fused-ring (bicyclic) bond motifs is 3. The Morgan fingerprint density at radius 3 is 3.17 bits per heavy atom. The van der Waals surface area contributed by atoms with Gasteiger partial charge in [-0.2, -0.15) is 0 Å². The normalized spacial score (nSPS) is 30.4. The Bertz CT molecular complexity index is 491. The number of ether oxygens (including phenoxy) is 1. The van der Waals surface area contributed by atoms with E-state index in [0.717, 1.165) is 11.3 Å². The van der Waals surface area contributed by atoms with E-state index in [1.165, 1.54) is 0 Å². The highest BCUT2D eigenvalue weighted by Crippen LogP contribution is 2.47. The molecule has 1 fully saturated rings. The number of carboxylic acid groups (broad SMARTS) is 1. The van der Waals surface area contributed by atoms with Gasteiger partial charge >= 0.3 is 5.97 Å². The van der Waals surface area contributed by atoms with Crippen molar-refractivity contribution in [1.82, 2.24) is 0 Å². The molecule has 3 rings (SSSR count). The Hall–Kier alpha value is -1.59. The summed E-state index contributed by atoms with van der Waals surface area (Å²) in [5, 5.41) is 12.4. The second-order valence-corrected chi connectivity index (χ2v) is 5.06. The summed E-state index contributed by atoms with van der Waals surface area (Å²) in [6, 6.07) is 7.25. The van der Waals surface area contributed by atoms with Gasteiger partial charge in [-0.1, -0.05) is 18.2 Å². The fourth-order valence-electron chi connectivity index (χ4n) is 3.09. The van der Waals surface area contributed by atoms with Gasteiger partial charge in [0, 0.05) is 11.1 Å². The fourth-order valence-corrected chi connectivity index (χ4v) is 3.09. The summed E-state index contributed by atoms with van der Waals surface area (Å²) in [7, 11) is 0. The molecule has 3 atom stereocenters. The molecule has 2 aliphatic rings. The van der Waals surface area contributed by atoms with Crippen LogP contribution in [0.2, 0.25) is 0 Å². The zero-order valence-corrected chi connectivity index (χ0v) is 9.93. The van der Waals surface area contributed by atoms with Crippen LogP contribution >= 0.6 is 0 Å². The van der Waals surface area contributed by atoms with Crippen molar-refractivity contribution in [2.24, 2.45) is 5.73 Å². The number of anilines is 1. The van der Waals surface area contributed by atoms with Crippen LogP contribution in [0.25, 0.3) is 0 Å². The van der Waals surface area contributed by atoms with Crippen molar-refractivity contribution in [1.29, 1.82) is 0 Å². The third-order valence-electron chi connectivity index (χ3n) is 4.01. The molecule has 5 nitrogen and oxygen atoms in total. The maximum atomic E-state index is 11.0. The van der Waals surface area contributed by atoms with E-state index in [4.69, 9.17) is 15.6 Å². The Kier molecular flexibility index (Phi) is 2.53. The monoisotopic (exact) mass is 248 g/mol. The summed E-state index contributed by atoms with van der Waals surface area (Å²) in [5.74, 6) is -0.959. The molecule has 0 saturated carbocycles. The number of rotatable bonds is 3. The number of carboxylic acids is 1. The number of nitrogens with one attached hydrogen (secondary N) is 1. The van der Waals surface area contributed by atoms with Gasteiger partial charge in [0.15, 0.2) is 0 Å². The molecule has 1 saturated heterocycles. The molecule has 0 spiro atoms. The first kappa shape index (κ1) is 11.5. The lowest BCUT2D eigenvalue weighted by molar-refractivity contribution is -0.139. The SMILES string of the molecule is NC(C[C@@]12COC[C@@H]1Nc1ccccc12)C(=O)O. The van der Waals surface area contributed by atoms with Crippen LogP contribution in [-0.2, 0) is 14.9 Å². The molecule has 2 heterocycles. The van der Waals surface area contributed by atoms with Gasteiger partial charge in [0.1, 0.15) is 6.04 Å². The van der Waals surface area contributed by atoms with Crippen molar-refractivity contribution < 1.29 is 14.6 Å². The summed E-state index contributed by atoms with van der Waals surface area (Å²) >= 11 is 0. The largest absolute Gasteiger partial charge is 0.480 e. The quantitative estimate of drug-likeness (QED) is 0.727. The van der Waals surface area contributed by atoms with Crippen molar-refractivity contribution in [3.05, 3.63) is 29.8 Å². The van der Waals surface area contributed by atoms with E-state index in [1.807, 2.05) is 24.3 Å². The Labute approximate surface area is 105 Å². The van der Waals surface area contributed by atoms with Gasteiger partial charge in [-0.05, 0) is 18.1 Å². The molecular formula is C13H16N2O3. The van der Waals surface area contributed by atoms with Crippen LogP contribution in [0.15, 0.2) is 24.3 Å². The minimum absolute atomic E-state index is 0.125. The van der Waals surface area contributed by atoms with E-state index in [-0.39, 0.29) is 11.5 Å². The molecule has 18 heavy (non-hydrogen) atoms. The predicted molar refractivity (Wildman–Crippen MR) is 66.6 cm³/mol. The molecule has 0 bridgehead atoms. The lowest BCUT2D eigenvalue weighted by Gasteiger charge is -2.29. The van der Waals surface area contributed by atoms with Crippen LogP contribution in [0.1, 0.15) is 12.0 Å². The first-order chi connectivity index (χ1) is 8.63. The highest BCUT2D eigenvalue weighted by Gasteiger charge is 2.52. The lowest BCUT2D eigenvalue weighted by atomic mass is 9.74. The summed E-state index contributed by atoms with van der Waals surface area (Å²) in [5.41, 5.74) is 7.63. The van der Waals surface area contributed by atoms with Gasteiger partial charge in [-0.15, -0.1) is 0 Å². The molecule has 0 amide bonds. The molecule has 4 N–H and O–H groups in total. The average molecular weight is 248 g/mol. The zero-order chi connectivity index (χ0) is 12.8. The average Bonchev–Trinajstić information content (AvgIpc) is 2.84. The van der Waals surface area contributed by atoms with Crippen LogP contribution < -0.4 is 11.1 Å². The topological polar surface area (TPSA) is 84.6 Å². The zero-order valence-electron chi connectivity index (χ0n) is 9.93. The third-order valence-corrected chi connectivity index (χ3v) is 4.01. The Morgan fingerprint density at radius 2 is 2.39 bits per heavy atom. The van der Waals surface area contributed by atoms with Crippen molar-refractivity contribution >= 4 is 11.7 Å². The highest BCUT2D eigenvalue weighted by molar-refractivity contribution is 5.74. The van der Waals surface area contributed by atoms with Crippen LogP contribution in [0.5, 0.6) is 0 Å². The minimum atomic E-state index is -0.959. The number of hydrogen-bond acceptors (Lipinski definition) is 4. The summed E-state index contributed by atoms with van der Waals surface area (Å²) in [4.78, 5) is 11.0. The molecule has 5 heteroatoms. The third kappa shape index (κ3) is 1.51. The van der Waals surface area contributed by atoms with Crippen LogP contribution in [0, 0.1) is 0 Å².